The minimum Gasteiger partial charge on any atom is -0.506 e. The van der Waals surface area contributed by atoms with Crippen molar-refractivity contribution in [2.75, 3.05) is 5.32 Å². The maximum atomic E-state index is 12.1. The summed E-state index contributed by atoms with van der Waals surface area (Å²) in [7, 11) is 0. The average molecular weight is 510 g/mol. The summed E-state index contributed by atoms with van der Waals surface area (Å²) in [5, 5.41) is 21.2. The third kappa shape index (κ3) is 3.81. The van der Waals surface area contributed by atoms with E-state index >= 15 is 0 Å². The summed E-state index contributed by atoms with van der Waals surface area (Å²) in [5.74, 6) is -1.73. The first-order valence-corrected chi connectivity index (χ1v) is 7.73. The fourth-order valence-electron chi connectivity index (χ4n) is 1.53. The summed E-state index contributed by atoms with van der Waals surface area (Å²) in [6, 6.07) is 6.03. The molecule has 0 saturated heterocycles. The summed E-state index contributed by atoms with van der Waals surface area (Å²) in [5.41, 5.74) is 0.381. The number of aromatic carboxylic acids is 1. The summed E-state index contributed by atoms with van der Waals surface area (Å²) in [4.78, 5) is 26.5. The van der Waals surface area contributed by atoms with Gasteiger partial charge in [0, 0.05) is 3.57 Å². The zero-order valence-electron chi connectivity index (χ0n) is 10.3. The molecule has 21 heavy (non-hydrogen) atoms. The maximum absolute atomic E-state index is 12.1. The molecular formula is C13H8I2N2O4. The number of carbonyl (C=O) groups is 2. The van der Waals surface area contributed by atoms with Gasteiger partial charge in [0.2, 0.25) is 0 Å². The van der Waals surface area contributed by atoms with Crippen molar-refractivity contribution in [1.82, 2.24) is 4.98 Å². The van der Waals surface area contributed by atoms with E-state index in [2.05, 4.69) is 32.9 Å². The predicted octanol–water partition coefficient (Wildman–Crippen LogP) is 2.95. The quantitative estimate of drug-likeness (QED) is 0.552. The number of pyridine rings is 1. The van der Waals surface area contributed by atoms with E-state index in [-0.39, 0.29) is 17.0 Å². The third-order valence-corrected chi connectivity index (χ3v) is 3.96. The molecule has 2 aromatic rings. The van der Waals surface area contributed by atoms with Crippen LogP contribution in [-0.4, -0.2) is 27.1 Å². The number of carboxylic acids is 1. The van der Waals surface area contributed by atoms with Crippen LogP contribution >= 0.6 is 45.2 Å². The highest BCUT2D eigenvalue weighted by molar-refractivity contribution is 14.1. The molecule has 2 rings (SSSR count). The number of nitrogens with one attached hydrogen (secondary N) is 1. The van der Waals surface area contributed by atoms with Crippen LogP contribution in [0.5, 0.6) is 5.75 Å². The number of rotatable bonds is 3. The van der Waals surface area contributed by atoms with E-state index in [0.717, 1.165) is 3.57 Å². The third-order valence-electron chi connectivity index (χ3n) is 2.51. The number of phenolic OH excluding ortho intramolecular Hbond substituents is 1. The Morgan fingerprint density at radius 3 is 2.48 bits per heavy atom. The topological polar surface area (TPSA) is 99.5 Å². The molecule has 0 fully saturated rings. The Balaban J connectivity index is 2.24. The van der Waals surface area contributed by atoms with Crippen LogP contribution in [0, 0.1) is 7.14 Å². The Morgan fingerprint density at radius 1 is 1.19 bits per heavy atom. The second-order valence-electron chi connectivity index (χ2n) is 3.98. The van der Waals surface area contributed by atoms with Gasteiger partial charge in [-0.15, -0.1) is 0 Å². The van der Waals surface area contributed by atoms with Crippen LogP contribution < -0.4 is 5.32 Å². The molecule has 108 valence electrons. The number of phenols is 1. The Hall–Kier alpha value is -1.43. The van der Waals surface area contributed by atoms with Crippen LogP contribution in [0.3, 0.4) is 0 Å². The van der Waals surface area contributed by atoms with Crippen LogP contribution in [0.25, 0.3) is 0 Å². The molecule has 0 atom stereocenters. The lowest BCUT2D eigenvalue weighted by Gasteiger charge is -2.08. The molecule has 0 bridgehead atoms. The van der Waals surface area contributed by atoms with Crippen LogP contribution in [0.1, 0.15) is 20.8 Å². The molecule has 6 nitrogen and oxygen atoms in total. The van der Waals surface area contributed by atoms with Gasteiger partial charge in [-0.3, -0.25) is 4.79 Å². The van der Waals surface area contributed by atoms with Crippen molar-refractivity contribution in [2.24, 2.45) is 0 Å². The fraction of sp³-hybridized carbons (Fsp3) is 0. The highest BCUT2D eigenvalue weighted by atomic mass is 127. The smallest absolute Gasteiger partial charge is 0.354 e. The van der Waals surface area contributed by atoms with Gasteiger partial charge < -0.3 is 15.5 Å². The molecule has 0 aliphatic heterocycles. The summed E-state index contributed by atoms with van der Waals surface area (Å²) >= 11 is 3.99. The second-order valence-corrected chi connectivity index (χ2v) is 6.38. The number of benzene rings is 1. The highest BCUT2D eigenvalue weighted by Gasteiger charge is 2.15. The van der Waals surface area contributed by atoms with Crippen LogP contribution in [0.15, 0.2) is 30.5 Å². The summed E-state index contributed by atoms with van der Waals surface area (Å²) in [6.45, 7) is 0. The van der Waals surface area contributed by atoms with E-state index in [0.29, 0.717) is 9.26 Å². The lowest BCUT2D eigenvalue weighted by Crippen LogP contribution is -2.13. The molecule has 1 amide bonds. The van der Waals surface area contributed by atoms with E-state index in [1.807, 2.05) is 22.6 Å². The maximum Gasteiger partial charge on any atom is 0.354 e. The summed E-state index contributed by atoms with van der Waals surface area (Å²) < 4.78 is 1.39. The van der Waals surface area contributed by atoms with Crippen molar-refractivity contribution in [3.8, 4) is 5.75 Å². The molecule has 0 radical (unpaired) electrons. The standard InChI is InChI=1S/C13H8I2N2O4/c14-6-3-8(11(18)9(15)4-6)12(19)17-7-1-2-10(13(20)21)16-5-7/h1-5,18H,(H,17,19)(H,20,21). The van der Waals surface area contributed by atoms with Crippen molar-refractivity contribution >= 4 is 62.7 Å². The first-order chi connectivity index (χ1) is 9.88. The van der Waals surface area contributed by atoms with Crippen molar-refractivity contribution in [1.29, 1.82) is 0 Å². The number of hydrogen-bond donors (Lipinski definition) is 3. The van der Waals surface area contributed by atoms with Gasteiger partial charge in [0.05, 0.1) is 21.0 Å². The van der Waals surface area contributed by atoms with Gasteiger partial charge in [-0.25, -0.2) is 9.78 Å². The number of nitrogens with zero attached hydrogens (tertiary/aromatic N) is 1. The molecule has 1 aromatic carbocycles. The van der Waals surface area contributed by atoms with Gasteiger partial charge in [-0.1, -0.05) is 0 Å². The van der Waals surface area contributed by atoms with Crippen LogP contribution in [-0.2, 0) is 0 Å². The molecule has 0 saturated carbocycles. The predicted molar refractivity (Wildman–Crippen MR) is 92.7 cm³/mol. The molecule has 8 heteroatoms. The molecule has 0 unspecified atom stereocenters. The van der Waals surface area contributed by atoms with E-state index in [4.69, 9.17) is 5.11 Å². The highest BCUT2D eigenvalue weighted by Crippen LogP contribution is 2.27. The van der Waals surface area contributed by atoms with Crippen molar-refractivity contribution in [2.45, 2.75) is 0 Å². The average Bonchev–Trinajstić information content (AvgIpc) is 2.43. The number of carbonyl (C=O) groups excluding carboxylic acids is 1. The summed E-state index contributed by atoms with van der Waals surface area (Å²) in [6.07, 6.45) is 1.25. The van der Waals surface area contributed by atoms with Gasteiger partial charge in [0.25, 0.3) is 5.91 Å². The number of aromatic nitrogens is 1. The number of amides is 1. The normalized spacial score (nSPS) is 10.2. The SMILES string of the molecule is O=C(O)c1ccc(NC(=O)c2cc(I)cc(I)c2O)cn1. The van der Waals surface area contributed by atoms with E-state index < -0.39 is 11.9 Å². The number of aromatic hydroxyl groups is 1. The van der Waals surface area contributed by atoms with Crippen LogP contribution in [0.4, 0.5) is 5.69 Å². The molecular weight excluding hydrogens is 502 g/mol. The van der Waals surface area contributed by atoms with Gasteiger partial charge in [0.1, 0.15) is 11.4 Å². The lowest BCUT2D eigenvalue weighted by molar-refractivity contribution is 0.0690. The zero-order chi connectivity index (χ0) is 15.6. The number of anilines is 1. The molecule has 0 aliphatic carbocycles. The van der Waals surface area contributed by atoms with E-state index in [9.17, 15) is 14.7 Å². The Bertz CT molecular complexity index is 717. The van der Waals surface area contributed by atoms with Crippen LogP contribution in [0.2, 0.25) is 0 Å². The van der Waals surface area contributed by atoms with Crippen molar-refractivity contribution < 1.29 is 19.8 Å². The molecule has 1 heterocycles. The number of carboxylic acid groups (broad SMARTS) is 1. The largest absolute Gasteiger partial charge is 0.506 e. The molecule has 0 aliphatic rings. The Kier molecular flexibility index (Phi) is 4.98. The second kappa shape index (κ2) is 6.56. The van der Waals surface area contributed by atoms with Crippen molar-refractivity contribution in [3.63, 3.8) is 0 Å². The molecule has 3 N–H and O–H groups in total. The van der Waals surface area contributed by atoms with Gasteiger partial charge >= 0.3 is 5.97 Å². The van der Waals surface area contributed by atoms with Gasteiger partial charge in [-0.05, 0) is 69.4 Å². The monoisotopic (exact) mass is 510 g/mol. The lowest BCUT2D eigenvalue weighted by atomic mass is 10.2. The molecule has 1 aromatic heterocycles. The minimum atomic E-state index is -1.14. The first kappa shape index (κ1) is 15.9. The first-order valence-electron chi connectivity index (χ1n) is 5.57. The zero-order valence-corrected chi connectivity index (χ0v) is 14.6. The van der Waals surface area contributed by atoms with E-state index in [1.54, 1.807) is 12.1 Å². The molecule has 0 spiro atoms. The number of halogens is 2. The van der Waals surface area contributed by atoms with Gasteiger partial charge in [0.15, 0.2) is 0 Å². The van der Waals surface area contributed by atoms with E-state index in [1.165, 1.54) is 18.3 Å². The van der Waals surface area contributed by atoms with Crippen molar-refractivity contribution in [3.05, 3.63) is 48.9 Å². The fourth-order valence-corrected chi connectivity index (χ4v) is 3.38. The Labute approximate surface area is 146 Å². The Morgan fingerprint density at radius 2 is 1.90 bits per heavy atom. The minimum absolute atomic E-state index is 0.0939. The van der Waals surface area contributed by atoms with Gasteiger partial charge in [-0.2, -0.15) is 0 Å². The number of hydrogen-bond acceptors (Lipinski definition) is 4.